The monoisotopic (exact) mass is 354 g/mol. The number of aryl methyl sites for hydroxylation is 1. The number of carbonyl (C=O) groups excluding carboxylic acids is 1. The van der Waals surface area contributed by atoms with Crippen LogP contribution in [0.1, 0.15) is 27.0 Å². The molecule has 25 heavy (non-hydrogen) atoms. The fourth-order valence-electron chi connectivity index (χ4n) is 2.54. The van der Waals surface area contributed by atoms with Crippen LogP contribution in [-0.2, 0) is 12.7 Å². The fourth-order valence-corrected chi connectivity index (χ4v) is 2.54. The molecule has 5 nitrogen and oxygen atoms in total. The Kier molecular flexibility index (Phi) is 4.25. The van der Waals surface area contributed by atoms with E-state index in [0.29, 0.717) is 12.1 Å². The lowest BCUT2D eigenvalue weighted by Gasteiger charge is -2.13. The summed E-state index contributed by atoms with van der Waals surface area (Å²) in [7, 11) is 0. The van der Waals surface area contributed by atoms with Gasteiger partial charge in [0.15, 0.2) is 0 Å². The lowest BCUT2D eigenvalue weighted by Crippen LogP contribution is -2.24. The second-order valence-electron chi connectivity index (χ2n) is 5.53. The maximum absolute atomic E-state index is 13.6. The van der Waals surface area contributed by atoms with Crippen LogP contribution < -0.4 is 21.7 Å². The molecule has 0 aromatic heterocycles. The molecule has 4 N–H and O–H groups in total. The topological polar surface area (TPSA) is 65.2 Å². The van der Waals surface area contributed by atoms with Crippen LogP contribution in [0, 0.1) is 12.7 Å². The van der Waals surface area contributed by atoms with Gasteiger partial charge in [-0.2, -0.15) is 13.2 Å². The molecule has 9 heteroatoms. The van der Waals surface area contributed by atoms with E-state index < -0.39 is 23.5 Å². The Morgan fingerprint density at radius 1 is 1.16 bits per heavy atom. The van der Waals surface area contributed by atoms with Crippen molar-refractivity contribution in [2.45, 2.75) is 19.6 Å². The van der Waals surface area contributed by atoms with Gasteiger partial charge in [0.2, 0.25) is 0 Å². The molecule has 1 amide bonds. The van der Waals surface area contributed by atoms with Crippen LogP contribution in [0.5, 0.6) is 0 Å². The summed E-state index contributed by atoms with van der Waals surface area (Å²) in [6.45, 7) is 1.99. The standard InChI is InChI=1S/C16H14F4N4O/c1-8-2-5-13-14(23-24-22-13)10(8)7-21-15(25)9-3-4-11(12(17)6-9)16(18,19)20/h2-6,22-24H,7H2,1H3,(H,21,25). The Bertz CT molecular complexity index is 836. The van der Waals surface area contributed by atoms with E-state index in [0.717, 1.165) is 28.6 Å². The summed E-state index contributed by atoms with van der Waals surface area (Å²) in [4.78, 5) is 12.1. The number of anilines is 2. The highest BCUT2D eigenvalue weighted by atomic mass is 19.4. The zero-order valence-corrected chi connectivity index (χ0v) is 13.0. The molecule has 0 saturated heterocycles. The van der Waals surface area contributed by atoms with E-state index in [-0.39, 0.29) is 12.1 Å². The van der Waals surface area contributed by atoms with Gasteiger partial charge in [-0.1, -0.05) is 6.07 Å². The highest BCUT2D eigenvalue weighted by Crippen LogP contribution is 2.32. The number of hydrazine groups is 2. The van der Waals surface area contributed by atoms with E-state index in [9.17, 15) is 22.4 Å². The third-order valence-electron chi connectivity index (χ3n) is 3.89. The Hall–Kier alpha value is -2.81. The molecule has 1 heterocycles. The van der Waals surface area contributed by atoms with Crippen molar-refractivity contribution in [3.05, 3.63) is 58.4 Å². The van der Waals surface area contributed by atoms with E-state index in [1.54, 1.807) is 0 Å². The highest BCUT2D eigenvalue weighted by molar-refractivity contribution is 5.94. The molecule has 0 saturated carbocycles. The van der Waals surface area contributed by atoms with Gasteiger partial charge in [0.25, 0.3) is 5.91 Å². The van der Waals surface area contributed by atoms with E-state index >= 15 is 0 Å². The first-order valence-electron chi connectivity index (χ1n) is 7.32. The summed E-state index contributed by atoms with van der Waals surface area (Å²) in [5.41, 5.74) is 10.2. The SMILES string of the molecule is Cc1ccc2c(c1CNC(=O)c1ccc(C(F)(F)F)c(F)c1)NNN2. The molecule has 0 unspecified atom stereocenters. The second kappa shape index (κ2) is 6.25. The van der Waals surface area contributed by atoms with Crippen LogP contribution in [0.4, 0.5) is 28.9 Å². The number of carbonyl (C=O) groups is 1. The maximum Gasteiger partial charge on any atom is 0.419 e. The summed E-state index contributed by atoms with van der Waals surface area (Å²) in [6.07, 6.45) is -4.80. The maximum atomic E-state index is 13.6. The predicted octanol–water partition coefficient (Wildman–Crippen LogP) is 3.34. The van der Waals surface area contributed by atoms with Crippen molar-refractivity contribution >= 4 is 17.3 Å². The first-order chi connectivity index (χ1) is 11.8. The van der Waals surface area contributed by atoms with Crippen molar-refractivity contribution in [2.24, 2.45) is 0 Å². The predicted molar refractivity (Wildman–Crippen MR) is 84.1 cm³/mol. The van der Waals surface area contributed by atoms with Gasteiger partial charge in [0.1, 0.15) is 5.82 Å². The van der Waals surface area contributed by atoms with Crippen LogP contribution in [0.15, 0.2) is 30.3 Å². The lowest BCUT2D eigenvalue weighted by molar-refractivity contribution is -0.140. The molecule has 2 aromatic carbocycles. The molecular formula is C16H14F4N4O. The van der Waals surface area contributed by atoms with Crippen molar-refractivity contribution in [3.63, 3.8) is 0 Å². The molecule has 0 fully saturated rings. The molecule has 0 atom stereocenters. The highest BCUT2D eigenvalue weighted by Gasteiger charge is 2.34. The molecule has 0 radical (unpaired) electrons. The number of alkyl halides is 3. The van der Waals surface area contributed by atoms with Crippen molar-refractivity contribution in [2.75, 3.05) is 10.9 Å². The van der Waals surface area contributed by atoms with Crippen LogP contribution in [0.25, 0.3) is 0 Å². The van der Waals surface area contributed by atoms with Crippen LogP contribution in [-0.4, -0.2) is 5.91 Å². The number of hydrogen-bond acceptors (Lipinski definition) is 4. The van der Waals surface area contributed by atoms with Crippen LogP contribution in [0.2, 0.25) is 0 Å². The number of amides is 1. The quantitative estimate of drug-likeness (QED) is 0.639. The first-order valence-corrected chi connectivity index (χ1v) is 7.32. The first kappa shape index (κ1) is 17.0. The van der Waals surface area contributed by atoms with Gasteiger partial charge >= 0.3 is 6.18 Å². The van der Waals surface area contributed by atoms with E-state index in [2.05, 4.69) is 21.7 Å². The zero-order chi connectivity index (χ0) is 18.2. The molecule has 0 bridgehead atoms. The molecule has 2 aromatic rings. The molecule has 132 valence electrons. The van der Waals surface area contributed by atoms with Crippen molar-refractivity contribution in [1.29, 1.82) is 0 Å². The number of fused-ring (bicyclic) bond motifs is 1. The normalized spacial score (nSPS) is 13.0. The zero-order valence-electron chi connectivity index (χ0n) is 13.0. The van der Waals surface area contributed by atoms with E-state index in [1.807, 2.05) is 19.1 Å². The Morgan fingerprint density at radius 2 is 1.92 bits per heavy atom. The summed E-state index contributed by atoms with van der Waals surface area (Å²) in [5, 5.41) is 2.59. The summed E-state index contributed by atoms with van der Waals surface area (Å²) in [6, 6.07) is 5.81. The second-order valence-corrected chi connectivity index (χ2v) is 5.53. The number of hydrogen-bond donors (Lipinski definition) is 4. The van der Waals surface area contributed by atoms with Gasteiger partial charge < -0.3 is 16.2 Å². The van der Waals surface area contributed by atoms with Crippen molar-refractivity contribution in [3.8, 4) is 0 Å². The van der Waals surface area contributed by atoms with Gasteiger partial charge in [-0.05, 0) is 36.8 Å². The molecule has 3 rings (SSSR count). The van der Waals surface area contributed by atoms with Crippen molar-refractivity contribution < 1.29 is 22.4 Å². The smallest absolute Gasteiger partial charge is 0.348 e. The van der Waals surface area contributed by atoms with Gasteiger partial charge in [-0.3, -0.25) is 4.79 Å². The molecule has 0 spiro atoms. The minimum Gasteiger partial charge on any atom is -0.348 e. The average molecular weight is 354 g/mol. The van der Waals surface area contributed by atoms with E-state index in [4.69, 9.17) is 0 Å². The van der Waals surface area contributed by atoms with Gasteiger partial charge in [-0.25, -0.2) is 4.39 Å². The number of halogens is 4. The molecule has 1 aliphatic heterocycles. The molecule has 0 aliphatic carbocycles. The lowest BCUT2D eigenvalue weighted by atomic mass is 10.0. The molecule has 1 aliphatic rings. The van der Waals surface area contributed by atoms with E-state index in [1.165, 1.54) is 0 Å². The van der Waals surface area contributed by atoms with Crippen LogP contribution >= 0.6 is 0 Å². The third-order valence-corrected chi connectivity index (χ3v) is 3.89. The van der Waals surface area contributed by atoms with Crippen molar-refractivity contribution in [1.82, 2.24) is 10.9 Å². The fraction of sp³-hybridized carbons (Fsp3) is 0.188. The van der Waals surface area contributed by atoms with Gasteiger partial charge in [-0.15, -0.1) is 5.53 Å². The minimum atomic E-state index is -4.80. The molecular weight excluding hydrogens is 340 g/mol. The summed E-state index contributed by atoms with van der Waals surface area (Å²) >= 11 is 0. The Morgan fingerprint density at radius 3 is 2.60 bits per heavy atom. The third kappa shape index (κ3) is 3.36. The number of rotatable bonds is 3. The number of nitrogens with one attached hydrogen (secondary N) is 4. The average Bonchev–Trinajstić information content (AvgIpc) is 3.01. The van der Waals surface area contributed by atoms with Crippen LogP contribution in [0.3, 0.4) is 0 Å². The largest absolute Gasteiger partial charge is 0.419 e. The Balaban J connectivity index is 1.76. The summed E-state index contributed by atoms with van der Waals surface area (Å²) < 4.78 is 51.3. The van der Waals surface area contributed by atoms with Gasteiger partial charge in [0.05, 0.1) is 16.9 Å². The number of benzene rings is 2. The van der Waals surface area contributed by atoms with Gasteiger partial charge in [0, 0.05) is 17.7 Å². The minimum absolute atomic E-state index is 0.132. The Labute approximate surface area is 140 Å². The summed E-state index contributed by atoms with van der Waals surface area (Å²) in [5.74, 6) is -2.14.